The van der Waals surface area contributed by atoms with Crippen molar-refractivity contribution in [2.45, 2.75) is 65.6 Å². The molecule has 0 aliphatic carbocycles. The maximum absolute atomic E-state index is 9.55. The molecule has 86 valence electrons. The van der Waals surface area contributed by atoms with E-state index in [1.165, 1.54) is 6.42 Å². The first-order valence-electron chi connectivity index (χ1n) is 5.83. The molecule has 0 aliphatic heterocycles. The highest BCUT2D eigenvalue weighted by molar-refractivity contribution is 4.67. The van der Waals surface area contributed by atoms with Gasteiger partial charge in [-0.2, -0.15) is 0 Å². The summed E-state index contributed by atoms with van der Waals surface area (Å²) in [5, 5.41) is 18.9. The predicted molar refractivity (Wildman–Crippen MR) is 60.2 cm³/mol. The summed E-state index contributed by atoms with van der Waals surface area (Å²) in [6.07, 6.45) is 2.50. The Morgan fingerprint density at radius 3 is 1.93 bits per heavy atom. The van der Waals surface area contributed by atoms with E-state index in [1.807, 2.05) is 6.92 Å². The number of aliphatic hydroxyl groups excluding tert-OH is 2. The first-order chi connectivity index (χ1) is 6.47. The number of rotatable bonds is 7. The van der Waals surface area contributed by atoms with Gasteiger partial charge in [0, 0.05) is 0 Å². The van der Waals surface area contributed by atoms with Crippen LogP contribution < -0.4 is 0 Å². The second kappa shape index (κ2) is 7.24. The SMILES string of the molecule is CCC(O)C(O)CCC(C)CC(C)C. The standard InChI is InChI=1S/C12H26O2/c1-5-11(13)12(14)7-6-10(4)8-9(2)3/h9-14H,5-8H2,1-4H3. The molecule has 14 heavy (non-hydrogen) atoms. The predicted octanol–water partition coefficient (Wildman–Crippen LogP) is 2.58. The number of aliphatic hydroxyl groups is 2. The molecule has 0 radical (unpaired) electrons. The molecule has 3 atom stereocenters. The molecule has 2 nitrogen and oxygen atoms in total. The molecule has 0 saturated heterocycles. The van der Waals surface area contributed by atoms with E-state index >= 15 is 0 Å². The Balaban J connectivity index is 3.60. The zero-order chi connectivity index (χ0) is 11.1. The topological polar surface area (TPSA) is 40.5 Å². The first-order valence-corrected chi connectivity index (χ1v) is 5.83. The van der Waals surface area contributed by atoms with Gasteiger partial charge in [-0.05, 0) is 37.5 Å². The fourth-order valence-electron chi connectivity index (χ4n) is 1.84. The molecule has 0 aromatic heterocycles. The van der Waals surface area contributed by atoms with E-state index in [0.29, 0.717) is 12.3 Å². The van der Waals surface area contributed by atoms with Crippen LogP contribution in [0.1, 0.15) is 53.4 Å². The lowest BCUT2D eigenvalue weighted by atomic mass is 9.92. The van der Waals surface area contributed by atoms with Crippen molar-refractivity contribution in [3.8, 4) is 0 Å². The van der Waals surface area contributed by atoms with Gasteiger partial charge >= 0.3 is 0 Å². The average Bonchev–Trinajstić information content (AvgIpc) is 2.11. The maximum atomic E-state index is 9.55. The van der Waals surface area contributed by atoms with Gasteiger partial charge < -0.3 is 10.2 Å². The van der Waals surface area contributed by atoms with Crippen LogP contribution >= 0.6 is 0 Å². The number of hydrogen-bond donors (Lipinski definition) is 2. The normalized spacial score (nSPS) is 18.2. The Bertz CT molecular complexity index is 134. The van der Waals surface area contributed by atoms with Crippen LogP contribution in [0, 0.1) is 11.8 Å². The van der Waals surface area contributed by atoms with Gasteiger partial charge in [0.1, 0.15) is 0 Å². The molecular formula is C12H26O2. The number of hydrogen-bond acceptors (Lipinski definition) is 2. The lowest BCUT2D eigenvalue weighted by Gasteiger charge is -2.19. The van der Waals surface area contributed by atoms with Crippen LogP contribution in [0.3, 0.4) is 0 Å². The van der Waals surface area contributed by atoms with Crippen LogP contribution in [-0.2, 0) is 0 Å². The highest BCUT2D eigenvalue weighted by Gasteiger charge is 2.15. The Hall–Kier alpha value is -0.0800. The summed E-state index contributed by atoms with van der Waals surface area (Å²) in [6.45, 7) is 8.54. The summed E-state index contributed by atoms with van der Waals surface area (Å²) in [5.74, 6) is 1.37. The molecule has 0 bridgehead atoms. The molecule has 0 aromatic carbocycles. The minimum atomic E-state index is -0.541. The van der Waals surface area contributed by atoms with E-state index in [9.17, 15) is 10.2 Å². The van der Waals surface area contributed by atoms with Gasteiger partial charge in [-0.1, -0.05) is 27.7 Å². The second-order valence-electron chi connectivity index (χ2n) is 4.86. The molecule has 3 unspecified atom stereocenters. The van der Waals surface area contributed by atoms with Crippen LogP contribution in [0.15, 0.2) is 0 Å². The summed E-state index contributed by atoms with van der Waals surface area (Å²) in [6, 6.07) is 0. The van der Waals surface area contributed by atoms with Crippen LogP contribution in [0.2, 0.25) is 0 Å². The monoisotopic (exact) mass is 202 g/mol. The van der Waals surface area contributed by atoms with Gasteiger partial charge in [0.15, 0.2) is 0 Å². The first kappa shape index (κ1) is 13.9. The van der Waals surface area contributed by atoms with Crippen molar-refractivity contribution in [2.24, 2.45) is 11.8 Å². The Kier molecular flexibility index (Phi) is 7.20. The molecular weight excluding hydrogens is 176 g/mol. The molecule has 2 heteroatoms. The molecule has 0 spiro atoms. The zero-order valence-electron chi connectivity index (χ0n) is 10.0. The van der Waals surface area contributed by atoms with Crippen molar-refractivity contribution in [3.63, 3.8) is 0 Å². The minimum Gasteiger partial charge on any atom is -0.390 e. The fourth-order valence-corrected chi connectivity index (χ4v) is 1.84. The largest absolute Gasteiger partial charge is 0.390 e. The molecule has 0 rings (SSSR count). The summed E-state index contributed by atoms with van der Waals surface area (Å²) < 4.78 is 0. The van der Waals surface area contributed by atoms with Crippen molar-refractivity contribution in [1.29, 1.82) is 0 Å². The van der Waals surface area contributed by atoms with E-state index in [0.717, 1.165) is 18.8 Å². The third kappa shape index (κ3) is 6.39. The van der Waals surface area contributed by atoms with Crippen molar-refractivity contribution < 1.29 is 10.2 Å². The summed E-state index contributed by atoms with van der Waals surface area (Å²) in [5.41, 5.74) is 0. The van der Waals surface area contributed by atoms with Crippen LogP contribution in [0.4, 0.5) is 0 Å². The van der Waals surface area contributed by atoms with Crippen LogP contribution in [-0.4, -0.2) is 22.4 Å². The second-order valence-corrected chi connectivity index (χ2v) is 4.86. The van der Waals surface area contributed by atoms with E-state index in [2.05, 4.69) is 20.8 Å². The Morgan fingerprint density at radius 2 is 1.50 bits per heavy atom. The van der Waals surface area contributed by atoms with Crippen LogP contribution in [0.25, 0.3) is 0 Å². The minimum absolute atomic E-state index is 0.533. The highest BCUT2D eigenvalue weighted by Crippen LogP contribution is 2.18. The van der Waals surface area contributed by atoms with Crippen molar-refractivity contribution in [2.75, 3.05) is 0 Å². The fraction of sp³-hybridized carbons (Fsp3) is 1.00. The van der Waals surface area contributed by atoms with Gasteiger partial charge in [-0.25, -0.2) is 0 Å². The van der Waals surface area contributed by atoms with Gasteiger partial charge in [-0.15, -0.1) is 0 Å². The highest BCUT2D eigenvalue weighted by atomic mass is 16.3. The Morgan fingerprint density at radius 1 is 0.929 bits per heavy atom. The lowest BCUT2D eigenvalue weighted by Crippen LogP contribution is -2.25. The Labute approximate surface area is 88.3 Å². The maximum Gasteiger partial charge on any atom is 0.0799 e. The quantitative estimate of drug-likeness (QED) is 0.666. The molecule has 0 aromatic rings. The van der Waals surface area contributed by atoms with Gasteiger partial charge in [0.05, 0.1) is 12.2 Å². The van der Waals surface area contributed by atoms with E-state index in [-0.39, 0.29) is 0 Å². The van der Waals surface area contributed by atoms with E-state index in [1.54, 1.807) is 0 Å². The van der Waals surface area contributed by atoms with Gasteiger partial charge in [0.2, 0.25) is 0 Å². The third-order valence-electron chi connectivity index (χ3n) is 2.69. The van der Waals surface area contributed by atoms with Crippen molar-refractivity contribution >= 4 is 0 Å². The molecule has 0 amide bonds. The zero-order valence-corrected chi connectivity index (χ0v) is 10.0. The van der Waals surface area contributed by atoms with Crippen molar-refractivity contribution in [3.05, 3.63) is 0 Å². The molecule has 2 N–H and O–H groups in total. The van der Waals surface area contributed by atoms with Crippen molar-refractivity contribution in [1.82, 2.24) is 0 Å². The van der Waals surface area contributed by atoms with E-state index < -0.39 is 12.2 Å². The lowest BCUT2D eigenvalue weighted by molar-refractivity contribution is 0.00921. The summed E-state index contributed by atoms with van der Waals surface area (Å²) in [7, 11) is 0. The molecule has 0 heterocycles. The summed E-state index contributed by atoms with van der Waals surface area (Å²) >= 11 is 0. The molecule has 0 fully saturated rings. The smallest absolute Gasteiger partial charge is 0.0799 e. The van der Waals surface area contributed by atoms with Gasteiger partial charge in [0.25, 0.3) is 0 Å². The average molecular weight is 202 g/mol. The molecule has 0 aliphatic rings. The van der Waals surface area contributed by atoms with Gasteiger partial charge in [-0.3, -0.25) is 0 Å². The van der Waals surface area contributed by atoms with E-state index in [4.69, 9.17) is 0 Å². The third-order valence-corrected chi connectivity index (χ3v) is 2.69. The molecule has 0 saturated carbocycles. The summed E-state index contributed by atoms with van der Waals surface area (Å²) in [4.78, 5) is 0. The van der Waals surface area contributed by atoms with Crippen LogP contribution in [0.5, 0.6) is 0 Å².